The van der Waals surface area contributed by atoms with Gasteiger partial charge in [0.15, 0.2) is 0 Å². The number of nitrogens with two attached hydrogens (primary N) is 1. The lowest BCUT2D eigenvalue weighted by Gasteiger charge is -2.11. The lowest BCUT2D eigenvalue weighted by molar-refractivity contribution is 0.405. The number of nitrogen functional groups attached to an aromatic ring is 1. The number of anilines is 2. The standard InChI is InChI=1S/C9H17BrN6/c1-16(2)5-3-4-12-8-7(10)6-13-9(14-8)15-11/h6H,3-5,11H2,1-2H3,(H2,12,13,14,15). The van der Waals surface area contributed by atoms with Crippen LogP contribution in [-0.2, 0) is 0 Å². The van der Waals surface area contributed by atoms with Gasteiger partial charge in [-0.15, -0.1) is 0 Å². The van der Waals surface area contributed by atoms with Gasteiger partial charge in [0.2, 0.25) is 5.95 Å². The number of rotatable bonds is 6. The largest absolute Gasteiger partial charge is 0.369 e. The van der Waals surface area contributed by atoms with Gasteiger partial charge in [-0.1, -0.05) is 0 Å². The third-order valence-corrected chi connectivity index (χ3v) is 2.53. The smallest absolute Gasteiger partial charge is 0.239 e. The van der Waals surface area contributed by atoms with Crippen LogP contribution in [-0.4, -0.2) is 42.1 Å². The van der Waals surface area contributed by atoms with E-state index in [9.17, 15) is 0 Å². The van der Waals surface area contributed by atoms with E-state index in [1.807, 2.05) is 0 Å². The van der Waals surface area contributed by atoms with Crippen LogP contribution in [0, 0.1) is 0 Å². The average Bonchev–Trinajstić information content (AvgIpc) is 2.26. The topological polar surface area (TPSA) is 79.1 Å². The van der Waals surface area contributed by atoms with Gasteiger partial charge in [-0.05, 0) is 43.0 Å². The molecule has 0 saturated heterocycles. The molecule has 0 aliphatic carbocycles. The van der Waals surface area contributed by atoms with Gasteiger partial charge < -0.3 is 10.2 Å². The Bertz CT molecular complexity index is 330. The molecule has 90 valence electrons. The van der Waals surface area contributed by atoms with Gasteiger partial charge in [-0.2, -0.15) is 4.98 Å². The second-order valence-corrected chi connectivity index (χ2v) is 4.47. The highest BCUT2D eigenvalue weighted by molar-refractivity contribution is 9.10. The van der Waals surface area contributed by atoms with E-state index < -0.39 is 0 Å². The van der Waals surface area contributed by atoms with Gasteiger partial charge in [0.1, 0.15) is 5.82 Å². The summed E-state index contributed by atoms with van der Waals surface area (Å²) in [5.41, 5.74) is 2.41. The first-order valence-corrected chi connectivity index (χ1v) is 5.80. The highest BCUT2D eigenvalue weighted by atomic mass is 79.9. The Kier molecular flexibility index (Phi) is 5.44. The molecule has 0 fully saturated rings. The molecule has 16 heavy (non-hydrogen) atoms. The van der Waals surface area contributed by atoms with Crippen molar-refractivity contribution in [3.05, 3.63) is 10.7 Å². The van der Waals surface area contributed by atoms with E-state index in [1.54, 1.807) is 6.20 Å². The zero-order chi connectivity index (χ0) is 12.0. The molecule has 0 aromatic carbocycles. The molecule has 0 amide bonds. The number of nitrogens with one attached hydrogen (secondary N) is 2. The molecule has 1 aromatic heterocycles. The molecule has 0 aliphatic rings. The fourth-order valence-corrected chi connectivity index (χ4v) is 1.49. The SMILES string of the molecule is CN(C)CCCNc1nc(NN)ncc1Br. The molecule has 1 rings (SSSR count). The van der Waals surface area contributed by atoms with Gasteiger partial charge in [-0.3, -0.25) is 5.43 Å². The van der Waals surface area contributed by atoms with Crippen molar-refractivity contribution in [2.24, 2.45) is 5.84 Å². The predicted molar refractivity (Wildman–Crippen MR) is 69.2 cm³/mol. The maximum Gasteiger partial charge on any atom is 0.239 e. The minimum atomic E-state index is 0.401. The van der Waals surface area contributed by atoms with E-state index in [1.165, 1.54) is 0 Å². The quantitative estimate of drug-likeness (QED) is 0.410. The molecule has 0 atom stereocenters. The predicted octanol–water partition coefficient (Wildman–Crippen LogP) is 0.888. The Balaban J connectivity index is 2.46. The molecule has 4 N–H and O–H groups in total. The molecule has 7 heteroatoms. The van der Waals surface area contributed by atoms with Crippen LogP contribution in [0.3, 0.4) is 0 Å². The van der Waals surface area contributed by atoms with Crippen molar-refractivity contribution in [1.82, 2.24) is 14.9 Å². The number of hydrazine groups is 1. The highest BCUT2D eigenvalue weighted by Crippen LogP contribution is 2.19. The summed E-state index contributed by atoms with van der Waals surface area (Å²) in [5, 5.41) is 3.22. The number of hydrogen-bond acceptors (Lipinski definition) is 6. The van der Waals surface area contributed by atoms with Crippen LogP contribution in [0.5, 0.6) is 0 Å². The summed E-state index contributed by atoms with van der Waals surface area (Å²) in [6.07, 6.45) is 2.71. The highest BCUT2D eigenvalue weighted by Gasteiger charge is 2.03. The Hall–Kier alpha value is -0.920. The van der Waals surface area contributed by atoms with Crippen LogP contribution >= 0.6 is 15.9 Å². The summed E-state index contributed by atoms with van der Waals surface area (Å²) < 4.78 is 0.830. The third kappa shape index (κ3) is 4.30. The summed E-state index contributed by atoms with van der Waals surface area (Å²) >= 11 is 3.37. The van der Waals surface area contributed by atoms with E-state index in [0.29, 0.717) is 5.95 Å². The Morgan fingerprint density at radius 2 is 2.25 bits per heavy atom. The molecule has 0 bridgehead atoms. The molecule has 1 aromatic rings. The maximum atomic E-state index is 5.24. The number of halogens is 1. The lowest BCUT2D eigenvalue weighted by atomic mass is 10.4. The van der Waals surface area contributed by atoms with Crippen molar-refractivity contribution in [3.8, 4) is 0 Å². The van der Waals surface area contributed by atoms with Crippen LogP contribution in [0.15, 0.2) is 10.7 Å². The van der Waals surface area contributed by atoms with Crippen LogP contribution in [0.25, 0.3) is 0 Å². The lowest BCUT2D eigenvalue weighted by Crippen LogP contribution is -2.17. The van der Waals surface area contributed by atoms with Gasteiger partial charge in [0.05, 0.1) is 4.47 Å². The Labute approximate surface area is 104 Å². The second kappa shape index (κ2) is 6.62. The van der Waals surface area contributed by atoms with Crippen molar-refractivity contribution >= 4 is 27.7 Å². The average molecular weight is 289 g/mol. The fraction of sp³-hybridized carbons (Fsp3) is 0.556. The monoisotopic (exact) mass is 288 g/mol. The minimum absolute atomic E-state index is 0.401. The fourth-order valence-electron chi connectivity index (χ4n) is 1.16. The normalized spacial score (nSPS) is 10.6. The van der Waals surface area contributed by atoms with E-state index in [2.05, 4.69) is 55.6 Å². The van der Waals surface area contributed by atoms with E-state index in [0.717, 1.165) is 29.8 Å². The molecule has 0 aliphatic heterocycles. The molecular formula is C9H17BrN6. The van der Waals surface area contributed by atoms with Crippen molar-refractivity contribution in [2.45, 2.75) is 6.42 Å². The minimum Gasteiger partial charge on any atom is -0.369 e. The van der Waals surface area contributed by atoms with Crippen LogP contribution in [0.4, 0.5) is 11.8 Å². The first kappa shape index (κ1) is 13.1. The summed E-state index contributed by atoms with van der Waals surface area (Å²) in [7, 11) is 4.11. The van der Waals surface area contributed by atoms with Crippen molar-refractivity contribution in [1.29, 1.82) is 0 Å². The van der Waals surface area contributed by atoms with Crippen LogP contribution in [0.2, 0.25) is 0 Å². The summed E-state index contributed by atoms with van der Waals surface area (Å²) in [6, 6.07) is 0. The summed E-state index contributed by atoms with van der Waals surface area (Å²) in [6.45, 7) is 1.90. The van der Waals surface area contributed by atoms with Crippen LogP contribution in [0.1, 0.15) is 6.42 Å². The van der Waals surface area contributed by atoms with E-state index >= 15 is 0 Å². The van der Waals surface area contributed by atoms with E-state index in [-0.39, 0.29) is 0 Å². The molecule has 0 unspecified atom stereocenters. The number of hydrogen-bond donors (Lipinski definition) is 3. The second-order valence-electron chi connectivity index (χ2n) is 3.62. The van der Waals surface area contributed by atoms with Gasteiger partial charge in [0, 0.05) is 12.7 Å². The molecular weight excluding hydrogens is 272 g/mol. The van der Waals surface area contributed by atoms with Crippen LogP contribution < -0.4 is 16.6 Å². The Morgan fingerprint density at radius 1 is 1.50 bits per heavy atom. The van der Waals surface area contributed by atoms with Crippen molar-refractivity contribution in [3.63, 3.8) is 0 Å². The first-order valence-electron chi connectivity index (χ1n) is 5.01. The molecule has 6 nitrogen and oxygen atoms in total. The zero-order valence-corrected chi connectivity index (χ0v) is 11.1. The summed E-state index contributed by atoms with van der Waals surface area (Å²) in [4.78, 5) is 10.3. The van der Waals surface area contributed by atoms with Gasteiger partial charge in [0.25, 0.3) is 0 Å². The first-order chi connectivity index (χ1) is 7.63. The zero-order valence-electron chi connectivity index (χ0n) is 9.50. The van der Waals surface area contributed by atoms with Gasteiger partial charge in [-0.25, -0.2) is 10.8 Å². The van der Waals surface area contributed by atoms with Crippen molar-refractivity contribution in [2.75, 3.05) is 37.9 Å². The number of nitrogens with zero attached hydrogens (tertiary/aromatic N) is 3. The van der Waals surface area contributed by atoms with Crippen molar-refractivity contribution < 1.29 is 0 Å². The molecule has 0 radical (unpaired) electrons. The molecule has 0 spiro atoms. The molecule has 0 saturated carbocycles. The van der Waals surface area contributed by atoms with Gasteiger partial charge >= 0.3 is 0 Å². The third-order valence-electron chi connectivity index (χ3n) is 1.95. The molecule has 1 heterocycles. The maximum absolute atomic E-state index is 5.24. The number of aromatic nitrogens is 2. The Morgan fingerprint density at radius 3 is 2.88 bits per heavy atom. The summed E-state index contributed by atoms with van der Waals surface area (Å²) in [5.74, 6) is 6.39. The van der Waals surface area contributed by atoms with E-state index in [4.69, 9.17) is 5.84 Å².